The number of primary amides is 2. The molecule has 3 amide bonds. The maximum absolute atomic E-state index is 10.0. The quantitative estimate of drug-likeness (QED) is 0.101. The van der Waals surface area contributed by atoms with E-state index in [-0.39, 0.29) is 70.2 Å². The number of amides is 3. The predicted molar refractivity (Wildman–Crippen MR) is 200 cm³/mol. The van der Waals surface area contributed by atoms with Crippen molar-refractivity contribution < 1.29 is 83.7 Å². The molecule has 0 aromatic carbocycles. The molecule has 21 nitrogen and oxygen atoms in total. The topological polar surface area (TPSA) is 402 Å². The molecule has 1 fully saturated rings. The zero-order valence-electron chi connectivity index (χ0n) is 32.6. The zero-order valence-corrected chi connectivity index (χ0v) is 32.6. The Hall–Kier alpha value is -5.34. The average Bonchev–Trinajstić information content (AvgIpc) is 3.07. The summed E-state index contributed by atoms with van der Waals surface area (Å²) in [6.45, 7) is 8.10. The summed E-state index contributed by atoms with van der Waals surface area (Å²) < 4.78 is 0. The smallest absolute Gasteiger partial charge is 0.322 e. The van der Waals surface area contributed by atoms with E-state index in [2.05, 4.69) is 31.8 Å². The number of hydrogen-bond acceptors (Lipinski definition) is 11. The molecule has 0 saturated heterocycles. The molecule has 1 saturated carbocycles. The highest BCUT2D eigenvalue weighted by atomic mass is 16.4. The maximum Gasteiger partial charge on any atom is 0.322 e. The normalized spacial score (nSPS) is 10.1. The molecule has 0 radical (unpaired) electrons. The molecule has 0 unspecified atom stereocenters. The van der Waals surface area contributed by atoms with Crippen molar-refractivity contribution in [2.75, 3.05) is 13.1 Å². The first kappa shape index (κ1) is 64.6. The SMILES string of the molecule is C1CCCCC1.CC(=O)NCC(=O)O.CCC.CCCN.NC(=O)CCC(=O)O.NC(=O)CCCC(=O)O.O=C(O)CCC(=O)O.O=C(O)CCCC(=O)O. The van der Waals surface area contributed by atoms with E-state index in [1.54, 1.807) is 0 Å². The molecule has 0 spiro atoms. The van der Waals surface area contributed by atoms with Crippen molar-refractivity contribution >= 4 is 59.5 Å². The fraction of sp³-hybridized carbons (Fsp3) is 0.706. The molecular formula is C34H66N4O17. The molecule has 0 aliphatic heterocycles. The first-order valence-corrected chi connectivity index (χ1v) is 17.5. The van der Waals surface area contributed by atoms with Gasteiger partial charge in [0.1, 0.15) is 6.54 Å². The molecule has 0 heterocycles. The molecule has 0 aromatic heterocycles. The Bertz CT molecular complexity index is 870. The lowest BCUT2D eigenvalue weighted by molar-refractivity contribution is -0.143. The lowest BCUT2D eigenvalue weighted by Crippen LogP contribution is -2.26. The van der Waals surface area contributed by atoms with Crippen molar-refractivity contribution in [3.05, 3.63) is 0 Å². The van der Waals surface area contributed by atoms with Crippen LogP contribution >= 0.6 is 0 Å². The second kappa shape index (κ2) is 53.0. The van der Waals surface area contributed by atoms with Crippen LogP contribution in [0.5, 0.6) is 0 Å². The third-order valence-electron chi connectivity index (χ3n) is 5.01. The van der Waals surface area contributed by atoms with Gasteiger partial charge in [0.25, 0.3) is 0 Å². The summed E-state index contributed by atoms with van der Waals surface area (Å²) in [4.78, 5) is 97.9. The molecule has 1 aliphatic carbocycles. The zero-order chi connectivity index (χ0) is 44.6. The first-order chi connectivity index (χ1) is 25.5. The Kier molecular flexibility index (Phi) is 62.3. The van der Waals surface area contributed by atoms with E-state index in [1.165, 1.54) is 51.9 Å². The third-order valence-corrected chi connectivity index (χ3v) is 5.01. The highest BCUT2D eigenvalue weighted by molar-refractivity contribution is 5.79. The molecule has 1 aliphatic rings. The number of carbonyl (C=O) groups is 10. The van der Waals surface area contributed by atoms with Gasteiger partial charge < -0.3 is 58.3 Å². The van der Waals surface area contributed by atoms with Crippen LogP contribution in [0.3, 0.4) is 0 Å². The number of rotatable bonds is 17. The van der Waals surface area contributed by atoms with Gasteiger partial charge in [0.05, 0.1) is 19.3 Å². The van der Waals surface area contributed by atoms with Crippen molar-refractivity contribution in [3.63, 3.8) is 0 Å². The van der Waals surface area contributed by atoms with Crippen LogP contribution in [0.15, 0.2) is 0 Å². The Labute approximate surface area is 322 Å². The highest BCUT2D eigenvalue weighted by Gasteiger charge is 2.02. The number of nitrogens with one attached hydrogen (secondary N) is 1. The summed E-state index contributed by atoms with van der Waals surface area (Å²) in [5, 5.41) is 57.9. The second-order valence-corrected chi connectivity index (χ2v) is 10.9. The molecule has 0 aromatic rings. The lowest BCUT2D eigenvalue weighted by Gasteiger charge is -2.05. The number of carboxylic acid groups (broad SMARTS) is 7. The molecule has 14 N–H and O–H groups in total. The number of carbonyl (C=O) groups excluding carboxylic acids is 3. The Balaban J connectivity index is -0.0000000974. The average molecular weight is 803 g/mol. The van der Waals surface area contributed by atoms with Crippen molar-refractivity contribution in [1.82, 2.24) is 5.32 Å². The summed E-state index contributed by atoms with van der Waals surface area (Å²) in [6, 6.07) is 0. The Morgan fingerprint density at radius 2 is 0.691 bits per heavy atom. The van der Waals surface area contributed by atoms with Crippen molar-refractivity contribution in [3.8, 4) is 0 Å². The van der Waals surface area contributed by atoms with Crippen LogP contribution in [0.4, 0.5) is 0 Å². The third kappa shape index (κ3) is 129. The van der Waals surface area contributed by atoms with Gasteiger partial charge in [-0.25, -0.2) is 0 Å². The lowest BCUT2D eigenvalue weighted by atomic mass is 10.0. The second-order valence-electron chi connectivity index (χ2n) is 10.9. The summed E-state index contributed by atoms with van der Waals surface area (Å²) in [5.41, 5.74) is 14.4. The van der Waals surface area contributed by atoms with Gasteiger partial charge in [0.15, 0.2) is 0 Å². The monoisotopic (exact) mass is 802 g/mol. The summed E-state index contributed by atoms with van der Waals surface area (Å²) in [6.07, 6.45) is 11.1. The van der Waals surface area contributed by atoms with Crippen LogP contribution in [-0.2, 0) is 47.9 Å². The minimum Gasteiger partial charge on any atom is -0.481 e. The van der Waals surface area contributed by atoms with E-state index in [0.29, 0.717) is 6.42 Å². The van der Waals surface area contributed by atoms with E-state index in [9.17, 15) is 47.9 Å². The predicted octanol–water partition coefficient (Wildman–Crippen LogP) is 2.64. The van der Waals surface area contributed by atoms with Crippen LogP contribution in [0.2, 0.25) is 0 Å². The molecule has 0 atom stereocenters. The number of carboxylic acids is 7. The van der Waals surface area contributed by atoms with Crippen LogP contribution in [0.1, 0.15) is 143 Å². The molecule has 21 heteroatoms. The van der Waals surface area contributed by atoms with Gasteiger partial charge in [-0.15, -0.1) is 0 Å². The van der Waals surface area contributed by atoms with E-state index in [4.69, 9.17) is 47.2 Å². The Morgan fingerprint density at radius 3 is 0.836 bits per heavy atom. The van der Waals surface area contributed by atoms with E-state index in [0.717, 1.165) is 13.0 Å². The highest BCUT2D eigenvalue weighted by Crippen LogP contribution is 2.15. The number of hydrogen-bond donors (Lipinski definition) is 11. The molecule has 324 valence electrons. The van der Waals surface area contributed by atoms with Crippen molar-refractivity contribution in [2.24, 2.45) is 17.2 Å². The van der Waals surface area contributed by atoms with Crippen molar-refractivity contribution in [1.29, 1.82) is 0 Å². The fourth-order valence-electron chi connectivity index (χ4n) is 2.51. The fourth-order valence-corrected chi connectivity index (χ4v) is 2.51. The Morgan fingerprint density at radius 1 is 0.455 bits per heavy atom. The summed E-state index contributed by atoms with van der Waals surface area (Å²) >= 11 is 0. The van der Waals surface area contributed by atoms with E-state index >= 15 is 0 Å². The molecule has 1 rings (SSSR count). The number of nitrogens with two attached hydrogens (primary N) is 3. The van der Waals surface area contributed by atoms with Crippen molar-refractivity contribution in [2.45, 2.75) is 143 Å². The van der Waals surface area contributed by atoms with Gasteiger partial charge in [0.2, 0.25) is 17.7 Å². The van der Waals surface area contributed by atoms with Gasteiger partial charge in [0, 0.05) is 39.0 Å². The van der Waals surface area contributed by atoms with Gasteiger partial charge in [-0.05, 0) is 25.8 Å². The minimum absolute atomic E-state index is 0.0168. The van der Waals surface area contributed by atoms with Crippen LogP contribution < -0.4 is 22.5 Å². The van der Waals surface area contributed by atoms with E-state index in [1.807, 2.05) is 0 Å². The van der Waals surface area contributed by atoms with Crippen LogP contribution in [0.25, 0.3) is 0 Å². The van der Waals surface area contributed by atoms with Crippen LogP contribution in [-0.4, -0.2) is 108 Å². The van der Waals surface area contributed by atoms with Gasteiger partial charge in [-0.1, -0.05) is 65.7 Å². The van der Waals surface area contributed by atoms with Gasteiger partial charge in [-0.2, -0.15) is 0 Å². The minimum atomic E-state index is -1.08. The van der Waals surface area contributed by atoms with E-state index < -0.39 is 53.6 Å². The largest absolute Gasteiger partial charge is 0.481 e. The maximum atomic E-state index is 10.0. The van der Waals surface area contributed by atoms with Crippen LogP contribution in [0, 0.1) is 0 Å². The first-order valence-electron chi connectivity index (χ1n) is 17.5. The number of aliphatic carboxylic acids is 7. The molecular weight excluding hydrogens is 736 g/mol. The molecule has 55 heavy (non-hydrogen) atoms. The standard InChI is InChI=1S/C6H12.C5H9NO3.C5H8O4.2C4H7NO3.C4H6O4.C3H9N.C3H8/c1-2-4-6-5-3-1;2*6-4(7)2-1-3-5(8)9;1-3(6)5-2-4(7)8;2*5-3(6)1-2-4(7)8;1-2-3-4;1-3-2/h1-6H2;1-3H2,(H2,6,7)(H,8,9);1-3H2,(H,6,7)(H,8,9);2H2,1H3,(H,5,6)(H,7,8);1-2H2,(H2,5,6)(H,7,8);1-2H2,(H,5,6)(H,7,8);2-4H2,1H3;3H2,1-2H3. The summed E-state index contributed by atoms with van der Waals surface area (Å²) in [7, 11) is 0. The molecule has 0 bridgehead atoms. The van der Waals surface area contributed by atoms with Gasteiger partial charge >= 0.3 is 41.8 Å². The summed E-state index contributed by atoms with van der Waals surface area (Å²) in [5.74, 6) is -8.32. The van der Waals surface area contributed by atoms with Gasteiger partial charge in [-0.3, -0.25) is 47.9 Å².